The van der Waals surface area contributed by atoms with Gasteiger partial charge in [-0.05, 0) is 12.1 Å². The minimum atomic E-state index is -0.822. The van der Waals surface area contributed by atoms with Gasteiger partial charge in [0.05, 0.1) is 19.1 Å². The van der Waals surface area contributed by atoms with Crippen molar-refractivity contribution < 1.29 is 14.2 Å². The molecule has 0 radical (unpaired) electrons. The molecule has 1 atom stereocenters. The Morgan fingerprint density at radius 3 is 2.85 bits per heavy atom. The monoisotopic (exact) mass is 204 g/mol. The molecule has 2 nitrogen and oxygen atoms in total. The summed E-state index contributed by atoms with van der Waals surface area (Å²) < 4.78 is 17.6. The second kappa shape index (κ2) is 4.44. The third kappa shape index (κ3) is 2.32. The molecule has 0 aliphatic carbocycles. The van der Waals surface area contributed by atoms with Gasteiger partial charge in [0.15, 0.2) is 0 Å². The second-order valence-corrected chi connectivity index (χ2v) is 2.86. The number of halogens is 2. The average Bonchev–Trinajstić information content (AvgIpc) is 2.16. The molecular formula is C9H10ClFO2. The lowest BCUT2D eigenvalue weighted by Gasteiger charge is -2.11. The summed E-state index contributed by atoms with van der Waals surface area (Å²) >= 11 is 5.46. The Hall–Kier alpha value is -0.800. The van der Waals surface area contributed by atoms with Crippen LogP contribution in [0.4, 0.5) is 4.39 Å². The number of methoxy groups -OCH3 is 1. The van der Waals surface area contributed by atoms with Crippen LogP contribution in [0.25, 0.3) is 0 Å². The molecule has 13 heavy (non-hydrogen) atoms. The Morgan fingerprint density at radius 1 is 1.62 bits per heavy atom. The van der Waals surface area contributed by atoms with Gasteiger partial charge in [-0.2, -0.15) is 0 Å². The molecular weight excluding hydrogens is 195 g/mol. The lowest BCUT2D eigenvalue weighted by atomic mass is 10.1. The largest absolute Gasteiger partial charge is 0.496 e. The molecule has 0 fully saturated rings. The molecule has 1 aromatic rings. The fourth-order valence-electron chi connectivity index (χ4n) is 1.04. The van der Waals surface area contributed by atoms with Crippen LogP contribution < -0.4 is 4.74 Å². The summed E-state index contributed by atoms with van der Waals surface area (Å²) in [5, 5.41) is 9.40. The fraction of sp³-hybridized carbons (Fsp3) is 0.333. The molecule has 1 N–H and O–H groups in total. The van der Waals surface area contributed by atoms with Gasteiger partial charge in [0, 0.05) is 11.6 Å². The fourth-order valence-corrected chi connectivity index (χ4v) is 1.21. The van der Waals surface area contributed by atoms with Crippen LogP contribution in [0.5, 0.6) is 5.75 Å². The van der Waals surface area contributed by atoms with Gasteiger partial charge in [-0.25, -0.2) is 4.39 Å². The van der Waals surface area contributed by atoms with Crippen molar-refractivity contribution in [2.24, 2.45) is 0 Å². The van der Waals surface area contributed by atoms with E-state index in [1.165, 1.54) is 25.3 Å². The molecule has 0 spiro atoms. The van der Waals surface area contributed by atoms with Gasteiger partial charge < -0.3 is 9.84 Å². The molecule has 0 aliphatic heterocycles. The first kappa shape index (κ1) is 10.3. The van der Waals surface area contributed by atoms with Crippen molar-refractivity contribution in [2.75, 3.05) is 13.0 Å². The van der Waals surface area contributed by atoms with Crippen LogP contribution in [-0.2, 0) is 0 Å². The van der Waals surface area contributed by atoms with Gasteiger partial charge in [-0.15, -0.1) is 11.6 Å². The molecule has 0 amide bonds. The number of hydrogen-bond acceptors (Lipinski definition) is 2. The van der Waals surface area contributed by atoms with Crippen LogP contribution in [0.3, 0.4) is 0 Å². The van der Waals surface area contributed by atoms with Crippen molar-refractivity contribution in [2.45, 2.75) is 6.10 Å². The van der Waals surface area contributed by atoms with Crippen LogP contribution in [0.1, 0.15) is 11.7 Å². The number of hydrogen-bond donors (Lipinski definition) is 1. The molecule has 1 rings (SSSR count). The smallest absolute Gasteiger partial charge is 0.127 e. The number of rotatable bonds is 3. The van der Waals surface area contributed by atoms with Gasteiger partial charge in [0.25, 0.3) is 0 Å². The minimum Gasteiger partial charge on any atom is -0.496 e. The van der Waals surface area contributed by atoms with Crippen molar-refractivity contribution >= 4 is 11.6 Å². The van der Waals surface area contributed by atoms with Gasteiger partial charge in [0.2, 0.25) is 0 Å². The molecule has 0 bridgehead atoms. The highest BCUT2D eigenvalue weighted by molar-refractivity contribution is 6.18. The SMILES string of the molecule is COc1cc(F)ccc1[C@H](O)CCl. The molecule has 4 heteroatoms. The molecule has 0 aliphatic rings. The van der Waals surface area contributed by atoms with E-state index in [9.17, 15) is 9.50 Å². The van der Waals surface area contributed by atoms with Crippen molar-refractivity contribution in [1.82, 2.24) is 0 Å². The maximum atomic E-state index is 12.7. The lowest BCUT2D eigenvalue weighted by molar-refractivity contribution is 0.197. The number of aliphatic hydroxyl groups is 1. The number of alkyl halides is 1. The summed E-state index contributed by atoms with van der Waals surface area (Å²) in [6.45, 7) is 0. The van der Waals surface area contributed by atoms with Gasteiger partial charge in [0.1, 0.15) is 11.6 Å². The van der Waals surface area contributed by atoms with Crippen LogP contribution in [0, 0.1) is 5.82 Å². The normalized spacial score (nSPS) is 12.6. The number of ether oxygens (including phenoxy) is 1. The van der Waals surface area contributed by atoms with Crippen LogP contribution in [0.2, 0.25) is 0 Å². The zero-order chi connectivity index (χ0) is 9.84. The molecule has 0 heterocycles. The van der Waals surface area contributed by atoms with Gasteiger partial charge >= 0.3 is 0 Å². The Labute approximate surface area is 80.9 Å². The van der Waals surface area contributed by atoms with Crippen molar-refractivity contribution in [3.8, 4) is 5.75 Å². The van der Waals surface area contributed by atoms with E-state index in [0.717, 1.165) is 0 Å². The number of aliphatic hydroxyl groups excluding tert-OH is 1. The Balaban J connectivity index is 3.05. The van der Waals surface area contributed by atoms with Crippen LogP contribution in [0.15, 0.2) is 18.2 Å². The highest BCUT2D eigenvalue weighted by Gasteiger charge is 2.12. The van der Waals surface area contributed by atoms with Crippen molar-refractivity contribution in [3.05, 3.63) is 29.6 Å². The predicted molar refractivity (Wildman–Crippen MR) is 48.6 cm³/mol. The van der Waals surface area contributed by atoms with Crippen LogP contribution >= 0.6 is 11.6 Å². The first-order chi connectivity index (χ1) is 6.19. The van der Waals surface area contributed by atoms with Gasteiger partial charge in [-0.1, -0.05) is 0 Å². The first-order valence-electron chi connectivity index (χ1n) is 3.76. The molecule has 0 saturated carbocycles. The Kier molecular flexibility index (Phi) is 3.51. The molecule has 0 unspecified atom stereocenters. The van der Waals surface area contributed by atoms with Gasteiger partial charge in [-0.3, -0.25) is 0 Å². The zero-order valence-corrected chi connectivity index (χ0v) is 7.88. The zero-order valence-electron chi connectivity index (χ0n) is 7.13. The highest BCUT2D eigenvalue weighted by atomic mass is 35.5. The molecule has 1 aromatic carbocycles. The average molecular weight is 205 g/mol. The Morgan fingerprint density at radius 2 is 2.31 bits per heavy atom. The van der Waals surface area contributed by atoms with E-state index < -0.39 is 11.9 Å². The molecule has 72 valence electrons. The van der Waals surface area contributed by atoms with E-state index in [0.29, 0.717) is 11.3 Å². The summed E-state index contributed by atoms with van der Waals surface area (Å²) in [4.78, 5) is 0. The minimum absolute atomic E-state index is 0.0575. The van der Waals surface area contributed by atoms with E-state index in [1.54, 1.807) is 0 Å². The maximum Gasteiger partial charge on any atom is 0.127 e. The summed E-state index contributed by atoms with van der Waals surface area (Å²) in [7, 11) is 1.42. The summed E-state index contributed by atoms with van der Waals surface area (Å²) in [6, 6.07) is 3.93. The summed E-state index contributed by atoms with van der Waals surface area (Å²) in [6.07, 6.45) is -0.822. The molecule has 0 aromatic heterocycles. The highest BCUT2D eigenvalue weighted by Crippen LogP contribution is 2.26. The third-order valence-electron chi connectivity index (χ3n) is 1.70. The predicted octanol–water partition coefficient (Wildman–Crippen LogP) is 2.11. The van der Waals surface area contributed by atoms with Crippen molar-refractivity contribution in [3.63, 3.8) is 0 Å². The summed E-state index contributed by atoms with van der Waals surface area (Å²) in [5.41, 5.74) is 0.499. The second-order valence-electron chi connectivity index (χ2n) is 2.56. The van der Waals surface area contributed by atoms with E-state index in [1.807, 2.05) is 0 Å². The first-order valence-corrected chi connectivity index (χ1v) is 4.30. The van der Waals surface area contributed by atoms with E-state index in [2.05, 4.69) is 0 Å². The number of benzene rings is 1. The van der Waals surface area contributed by atoms with Crippen LogP contribution in [-0.4, -0.2) is 18.1 Å². The van der Waals surface area contributed by atoms with E-state index in [4.69, 9.17) is 16.3 Å². The van der Waals surface area contributed by atoms with E-state index in [-0.39, 0.29) is 5.88 Å². The Bertz CT molecular complexity index is 291. The molecule has 0 saturated heterocycles. The third-order valence-corrected chi connectivity index (χ3v) is 1.99. The quantitative estimate of drug-likeness (QED) is 0.765. The van der Waals surface area contributed by atoms with E-state index >= 15 is 0 Å². The lowest BCUT2D eigenvalue weighted by Crippen LogP contribution is -2.01. The van der Waals surface area contributed by atoms with Crippen molar-refractivity contribution in [1.29, 1.82) is 0 Å². The standard InChI is InChI=1S/C9H10ClFO2/c1-13-9-4-6(11)2-3-7(9)8(12)5-10/h2-4,8,12H,5H2,1H3/t8-/m1/s1. The maximum absolute atomic E-state index is 12.7. The summed E-state index contributed by atoms with van der Waals surface area (Å²) in [5.74, 6) is -0.0299. The topological polar surface area (TPSA) is 29.5 Å².